The van der Waals surface area contributed by atoms with E-state index in [-0.39, 0.29) is 17.3 Å². The lowest BCUT2D eigenvalue weighted by Crippen LogP contribution is -2.38. The fourth-order valence-corrected chi connectivity index (χ4v) is 2.68. The molecule has 10 heteroatoms. The molecule has 3 rings (SSSR count). The highest BCUT2D eigenvalue weighted by Gasteiger charge is 2.21. The summed E-state index contributed by atoms with van der Waals surface area (Å²) in [7, 11) is 3.75. The van der Waals surface area contributed by atoms with Crippen molar-refractivity contribution in [1.82, 2.24) is 0 Å². The highest BCUT2D eigenvalue weighted by molar-refractivity contribution is 5.91. The second-order valence-electron chi connectivity index (χ2n) is 6.14. The van der Waals surface area contributed by atoms with Crippen molar-refractivity contribution in [1.29, 1.82) is 0 Å². The summed E-state index contributed by atoms with van der Waals surface area (Å²) in [4.78, 5) is 53.5. The number of aromatic nitrogens is 1. The van der Waals surface area contributed by atoms with Crippen LogP contribution >= 0.6 is 0 Å². The molecule has 0 radical (unpaired) electrons. The van der Waals surface area contributed by atoms with Crippen molar-refractivity contribution in [2.75, 3.05) is 19.0 Å². The molecule has 1 heterocycles. The number of non-ortho nitro benzene ring substituents is 1. The van der Waals surface area contributed by atoms with Crippen LogP contribution < -0.4 is 25.7 Å². The molecule has 0 saturated carbocycles. The molecule has 3 aromatic rings. The van der Waals surface area contributed by atoms with Crippen LogP contribution in [0.2, 0.25) is 0 Å². The predicted molar refractivity (Wildman–Crippen MR) is 98.1 cm³/mol. The predicted octanol–water partition coefficient (Wildman–Crippen LogP) is -0.243. The minimum Gasteiger partial charge on any atom is -0.377 e. The first-order valence-electron chi connectivity index (χ1n) is 8.10. The van der Waals surface area contributed by atoms with E-state index in [1.54, 1.807) is 24.5 Å². The Morgan fingerprint density at radius 1 is 1.18 bits per heavy atom. The van der Waals surface area contributed by atoms with E-state index in [0.717, 1.165) is 11.8 Å². The molecule has 10 nitrogen and oxygen atoms in total. The van der Waals surface area contributed by atoms with Gasteiger partial charge in [-0.25, -0.2) is 4.79 Å². The van der Waals surface area contributed by atoms with Crippen molar-refractivity contribution >= 4 is 28.1 Å². The number of nitro benzene ring substituents is 1. The highest BCUT2D eigenvalue weighted by Crippen LogP contribution is 2.19. The molecule has 0 atom stereocenters. The van der Waals surface area contributed by atoms with E-state index in [0.29, 0.717) is 0 Å². The van der Waals surface area contributed by atoms with E-state index in [1.807, 2.05) is 19.0 Å². The van der Waals surface area contributed by atoms with Crippen LogP contribution in [-0.4, -0.2) is 25.0 Å². The summed E-state index contributed by atoms with van der Waals surface area (Å²) in [5.41, 5.74) is -1.32. The van der Waals surface area contributed by atoms with E-state index >= 15 is 0 Å². The van der Waals surface area contributed by atoms with Gasteiger partial charge in [0.25, 0.3) is 5.69 Å². The van der Waals surface area contributed by atoms with Crippen molar-refractivity contribution in [3.8, 4) is 0 Å². The molecule has 0 spiro atoms. The normalized spacial score (nSPS) is 11.6. The summed E-state index contributed by atoms with van der Waals surface area (Å²) < 4.78 is 1.54. The standard InChI is InChI=1S/C18H15N4O6/c1-20(2)11-6-8-21(9-7-11)10-14(23)28-19-16-17(24)12-4-3-5-13(22(26)27)15(12)18(16)25/h3-9H,10H2,1-2H3/q+1. The first-order chi connectivity index (χ1) is 13.3. The number of nitro groups is 1. The largest absolute Gasteiger partial charge is 0.399 e. The monoisotopic (exact) mass is 383 g/mol. The second kappa shape index (κ2) is 7.35. The molecule has 2 aromatic carbocycles. The Bertz CT molecular complexity index is 1220. The molecule has 0 bridgehead atoms. The van der Waals surface area contributed by atoms with Gasteiger partial charge in [0.15, 0.2) is 17.8 Å². The topological polar surface area (TPSA) is 123 Å². The van der Waals surface area contributed by atoms with Crippen LogP contribution in [0.1, 0.15) is 0 Å². The minimum atomic E-state index is -0.942. The van der Waals surface area contributed by atoms with Gasteiger partial charge in [0.1, 0.15) is 5.39 Å². The number of carbonyl (C=O) groups excluding carboxylic acids is 1. The second-order valence-corrected chi connectivity index (χ2v) is 6.14. The Labute approximate surface area is 157 Å². The third kappa shape index (κ3) is 3.47. The van der Waals surface area contributed by atoms with Crippen LogP contribution in [-0.2, 0) is 16.2 Å². The van der Waals surface area contributed by atoms with Crippen molar-refractivity contribution < 1.29 is 19.1 Å². The maximum atomic E-state index is 12.3. The summed E-state index contributed by atoms with van der Waals surface area (Å²) in [5.74, 6) is -0.804. The van der Waals surface area contributed by atoms with Crippen LogP contribution in [0.5, 0.6) is 0 Å². The first-order valence-corrected chi connectivity index (χ1v) is 8.10. The van der Waals surface area contributed by atoms with E-state index in [2.05, 4.69) is 9.99 Å². The van der Waals surface area contributed by atoms with Gasteiger partial charge in [-0.1, -0.05) is 11.2 Å². The molecular formula is C18H15N4O6+. The zero-order chi connectivity index (χ0) is 20.4. The Hall–Kier alpha value is -3.95. The molecule has 0 aliphatic rings. The fraction of sp³-hybridized carbons (Fsp3) is 0.167. The van der Waals surface area contributed by atoms with Crippen LogP contribution in [0.25, 0.3) is 10.8 Å². The molecule has 28 heavy (non-hydrogen) atoms. The zero-order valence-electron chi connectivity index (χ0n) is 15.0. The molecule has 0 amide bonds. The fourth-order valence-electron chi connectivity index (χ4n) is 2.68. The van der Waals surface area contributed by atoms with Crippen LogP contribution in [0.3, 0.4) is 0 Å². The number of rotatable bonds is 5. The molecule has 0 fully saturated rings. The summed E-state index contributed by atoms with van der Waals surface area (Å²) in [6, 6.07) is 7.28. The van der Waals surface area contributed by atoms with Gasteiger partial charge < -0.3 is 9.74 Å². The number of nitrogens with zero attached hydrogens (tertiary/aromatic N) is 4. The van der Waals surface area contributed by atoms with E-state index in [9.17, 15) is 24.5 Å². The Morgan fingerprint density at radius 2 is 1.86 bits per heavy atom. The van der Waals surface area contributed by atoms with Gasteiger partial charge >= 0.3 is 5.97 Å². The third-order valence-electron chi connectivity index (χ3n) is 4.08. The number of carbonyl (C=O) groups is 1. The lowest BCUT2D eigenvalue weighted by Gasteiger charge is -2.10. The molecular weight excluding hydrogens is 368 g/mol. The molecule has 1 aromatic heterocycles. The van der Waals surface area contributed by atoms with Crippen LogP contribution in [0.15, 0.2) is 57.5 Å². The van der Waals surface area contributed by atoms with Gasteiger partial charge in [0.2, 0.25) is 17.4 Å². The molecule has 0 saturated heterocycles. The Balaban J connectivity index is 1.88. The summed E-state index contributed by atoms with van der Waals surface area (Å²) >= 11 is 0. The number of hydrogen-bond acceptors (Lipinski definition) is 8. The number of pyridine rings is 1. The summed E-state index contributed by atoms with van der Waals surface area (Å²) in [6.07, 6.45) is 3.32. The average molecular weight is 383 g/mol. The first kappa shape index (κ1) is 18.8. The molecule has 0 N–H and O–H groups in total. The Morgan fingerprint density at radius 3 is 2.46 bits per heavy atom. The van der Waals surface area contributed by atoms with Gasteiger partial charge in [0.05, 0.1) is 4.92 Å². The van der Waals surface area contributed by atoms with Crippen molar-refractivity contribution in [2.24, 2.45) is 5.16 Å². The van der Waals surface area contributed by atoms with E-state index in [4.69, 9.17) is 0 Å². The highest BCUT2D eigenvalue weighted by atomic mass is 16.7. The number of benzene rings is 1. The zero-order valence-corrected chi connectivity index (χ0v) is 15.0. The summed E-state index contributed by atoms with van der Waals surface area (Å²) in [6.45, 7) is -0.194. The van der Waals surface area contributed by atoms with Crippen molar-refractivity contribution in [3.05, 3.63) is 78.6 Å². The average Bonchev–Trinajstić information content (AvgIpc) is 2.91. The molecule has 0 unspecified atom stereocenters. The lowest BCUT2D eigenvalue weighted by atomic mass is 10.2. The number of anilines is 1. The van der Waals surface area contributed by atoms with Gasteiger partial charge in [0, 0.05) is 43.4 Å². The number of fused-ring (bicyclic) bond motifs is 1. The number of hydrogen-bond donors (Lipinski definition) is 0. The maximum absolute atomic E-state index is 12.3. The smallest absolute Gasteiger partial charge is 0.377 e. The van der Waals surface area contributed by atoms with Crippen molar-refractivity contribution in [3.63, 3.8) is 0 Å². The molecule has 142 valence electrons. The van der Waals surface area contributed by atoms with Gasteiger partial charge in [-0.05, 0) is 6.07 Å². The lowest BCUT2D eigenvalue weighted by molar-refractivity contribution is -0.685. The van der Waals surface area contributed by atoms with Gasteiger partial charge in [-0.3, -0.25) is 19.7 Å². The third-order valence-corrected chi connectivity index (χ3v) is 4.08. The summed E-state index contributed by atoms with van der Waals surface area (Å²) in [5, 5.41) is 13.3. The van der Waals surface area contributed by atoms with Gasteiger partial charge in [-0.2, -0.15) is 4.57 Å². The SMILES string of the molecule is CN(C)c1cc[n+](CC(=O)ON=c2c(=O)c3cccc([N+](=O)[O-])c3c2=O)cc1. The van der Waals surface area contributed by atoms with Crippen molar-refractivity contribution in [2.45, 2.75) is 6.54 Å². The maximum Gasteiger partial charge on any atom is 0.399 e. The van der Waals surface area contributed by atoms with Gasteiger partial charge in [-0.15, -0.1) is 0 Å². The molecule has 0 aliphatic heterocycles. The minimum absolute atomic E-state index is 0.136. The van der Waals surface area contributed by atoms with Crippen LogP contribution in [0.4, 0.5) is 11.4 Å². The quantitative estimate of drug-likeness (QED) is 0.258. The van der Waals surface area contributed by atoms with E-state index < -0.39 is 32.8 Å². The van der Waals surface area contributed by atoms with E-state index in [1.165, 1.54) is 16.7 Å². The molecule has 0 aliphatic carbocycles. The van der Waals surface area contributed by atoms with Crippen LogP contribution in [0, 0.1) is 10.1 Å². The Kier molecular flexibility index (Phi) is 4.94.